The molecule has 1 saturated carbocycles. The average molecular weight is 405 g/mol. The van der Waals surface area contributed by atoms with Crippen molar-refractivity contribution in [3.8, 4) is 11.1 Å². The number of carbonyl (C=O) groups excluding carboxylic acids is 1. The molecule has 0 unspecified atom stereocenters. The zero-order valence-corrected chi connectivity index (χ0v) is 17.3. The van der Waals surface area contributed by atoms with Crippen LogP contribution in [0.3, 0.4) is 0 Å². The molecule has 2 fully saturated rings. The number of nitrogens with zero attached hydrogens (tertiary/aromatic N) is 4. The van der Waals surface area contributed by atoms with Gasteiger partial charge in [-0.3, -0.25) is 4.79 Å². The molecule has 3 N–H and O–H groups in total. The first-order valence-corrected chi connectivity index (χ1v) is 10.8. The Labute approximate surface area is 176 Å². The fourth-order valence-corrected chi connectivity index (χ4v) is 4.69. The SMILES string of the molecule is CC(=O)NCc1cccc(-c2cn(C3CC(CN4CCC4)C3)c3ncnc(N)c23)c1. The van der Waals surface area contributed by atoms with Crippen molar-refractivity contribution in [3.05, 3.63) is 42.4 Å². The maximum absolute atomic E-state index is 11.3. The van der Waals surface area contributed by atoms with Crippen LogP contribution in [0.4, 0.5) is 5.82 Å². The number of likely N-dealkylation sites (tertiary alicyclic amines) is 1. The summed E-state index contributed by atoms with van der Waals surface area (Å²) in [7, 11) is 0. The third-order valence-corrected chi connectivity index (χ3v) is 6.49. The van der Waals surface area contributed by atoms with Crippen LogP contribution in [0.15, 0.2) is 36.8 Å². The van der Waals surface area contributed by atoms with Gasteiger partial charge in [0.1, 0.15) is 17.8 Å². The Morgan fingerprint density at radius 1 is 1.27 bits per heavy atom. The number of rotatable bonds is 6. The van der Waals surface area contributed by atoms with E-state index in [4.69, 9.17) is 5.73 Å². The number of benzene rings is 1. The van der Waals surface area contributed by atoms with Crippen molar-refractivity contribution in [2.45, 2.75) is 38.8 Å². The van der Waals surface area contributed by atoms with Gasteiger partial charge in [-0.05, 0) is 55.5 Å². The van der Waals surface area contributed by atoms with Gasteiger partial charge >= 0.3 is 0 Å². The summed E-state index contributed by atoms with van der Waals surface area (Å²) in [4.78, 5) is 22.7. The summed E-state index contributed by atoms with van der Waals surface area (Å²) in [5.41, 5.74) is 10.4. The van der Waals surface area contributed by atoms with E-state index in [0.717, 1.165) is 33.6 Å². The van der Waals surface area contributed by atoms with Crippen LogP contribution in [-0.4, -0.2) is 45.0 Å². The Morgan fingerprint density at radius 2 is 2.10 bits per heavy atom. The Bertz CT molecular complexity index is 1080. The molecule has 7 nitrogen and oxygen atoms in total. The van der Waals surface area contributed by atoms with Crippen LogP contribution >= 0.6 is 0 Å². The molecular weight excluding hydrogens is 376 g/mol. The molecule has 3 heterocycles. The molecule has 1 amide bonds. The molecule has 5 rings (SSSR count). The van der Waals surface area contributed by atoms with Crippen molar-refractivity contribution in [2.24, 2.45) is 5.92 Å². The molecule has 2 aromatic heterocycles. The van der Waals surface area contributed by atoms with Gasteiger partial charge in [-0.2, -0.15) is 0 Å². The van der Waals surface area contributed by atoms with Gasteiger partial charge < -0.3 is 20.5 Å². The van der Waals surface area contributed by atoms with Crippen LogP contribution in [0.2, 0.25) is 0 Å². The summed E-state index contributed by atoms with van der Waals surface area (Å²) in [6.07, 6.45) is 7.47. The van der Waals surface area contributed by atoms with E-state index in [0.29, 0.717) is 18.4 Å². The first-order chi connectivity index (χ1) is 14.6. The molecule has 1 aliphatic carbocycles. The van der Waals surface area contributed by atoms with E-state index in [-0.39, 0.29) is 5.91 Å². The monoisotopic (exact) mass is 404 g/mol. The van der Waals surface area contributed by atoms with E-state index >= 15 is 0 Å². The highest BCUT2D eigenvalue weighted by molar-refractivity contribution is 6.00. The number of amides is 1. The van der Waals surface area contributed by atoms with Crippen LogP contribution in [0.5, 0.6) is 0 Å². The number of nitrogens with two attached hydrogens (primary N) is 1. The minimum absolute atomic E-state index is 0.0348. The van der Waals surface area contributed by atoms with Crippen molar-refractivity contribution in [2.75, 3.05) is 25.4 Å². The molecule has 30 heavy (non-hydrogen) atoms. The largest absolute Gasteiger partial charge is 0.383 e. The molecule has 2 aliphatic rings. The van der Waals surface area contributed by atoms with E-state index in [1.165, 1.54) is 45.8 Å². The maximum atomic E-state index is 11.3. The van der Waals surface area contributed by atoms with Crippen LogP contribution in [-0.2, 0) is 11.3 Å². The molecule has 7 heteroatoms. The predicted molar refractivity (Wildman–Crippen MR) is 118 cm³/mol. The zero-order chi connectivity index (χ0) is 20.7. The lowest BCUT2D eigenvalue weighted by atomic mass is 9.79. The second kappa shape index (κ2) is 7.72. The van der Waals surface area contributed by atoms with E-state index in [1.807, 2.05) is 12.1 Å². The third-order valence-electron chi connectivity index (χ3n) is 6.49. The lowest BCUT2D eigenvalue weighted by Crippen LogP contribution is -2.43. The number of carbonyl (C=O) groups is 1. The minimum Gasteiger partial charge on any atom is -0.383 e. The molecule has 3 aromatic rings. The topological polar surface area (TPSA) is 89.1 Å². The Hall–Kier alpha value is -2.93. The first-order valence-electron chi connectivity index (χ1n) is 10.8. The second-order valence-corrected chi connectivity index (χ2v) is 8.66. The predicted octanol–water partition coefficient (Wildman–Crippen LogP) is 2.97. The summed E-state index contributed by atoms with van der Waals surface area (Å²) in [5.74, 6) is 1.25. The van der Waals surface area contributed by atoms with Gasteiger partial charge in [0, 0.05) is 37.8 Å². The third kappa shape index (κ3) is 3.54. The number of anilines is 1. The molecular formula is C23H28N6O. The van der Waals surface area contributed by atoms with Gasteiger partial charge in [0.15, 0.2) is 0 Å². The first kappa shape index (κ1) is 19.1. The van der Waals surface area contributed by atoms with Crippen molar-refractivity contribution < 1.29 is 4.79 Å². The van der Waals surface area contributed by atoms with Gasteiger partial charge in [-0.15, -0.1) is 0 Å². The number of hydrogen-bond donors (Lipinski definition) is 2. The molecule has 0 spiro atoms. The highest BCUT2D eigenvalue weighted by Crippen LogP contribution is 2.43. The summed E-state index contributed by atoms with van der Waals surface area (Å²) < 4.78 is 2.30. The Balaban J connectivity index is 1.45. The number of hydrogen-bond acceptors (Lipinski definition) is 5. The molecule has 156 valence electrons. The smallest absolute Gasteiger partial charge is 0.217 e. The Kier molecular flexibility index (Phi) is 4.90. The van der Waals surface area contributed by atoms with E-state index < -0.39 is 0 Å². The average Bonchev–Trinajstić information content (AvgIpc) is 3.05. The molecule has 0 radical (unpaired) electrons. The van der Waals surface area contributed by atoms with Crippen molar-refractivity contribution in [1.29, 1.82) is 0 Å². The number of nitrogen functional groups attached to an aromatic ring is 1. The van der Waals surface area contributed by atoms with Crippen molar-refractivity contribution in [3.63, 3.8) is 0 Å². The fourth-order valence-electron chi connectivity index (χ4n) is 4.69. The van der Waals surface area contributed by atoms with Gasteiger partial charge in [0.25, 0.3) is 0 Å². The number of nitrogens with one attached hydrogen (secondary N) is 1. The quantitative estimate of drug-likeness (QED) is 0.659. The zero-order valence-electron chi connectivity index (χ0n) is 17.3. The fraction of sp³-hybridized carbons (Fsp3) is 0.435. The highest BCUT2D eigenvalue weighted by Gasteiger charge is 2.34. The van der Waals surface area contributed by atoms with Crippen LogP contribution < -0.4 is 11.1 Å². The summed E-state index contributed by atoms with van der Waals surface area (Å²) in [5, 5.41) is 3.78. The van der Waals surface area contributed by atoms with Crippen molar-refractivity contribution >= 4 is 22.8 Å². The van der Waals surface area contributed by atoms with E-state index in [1.54, 1.807) is 6.33 Å². The van der Waals surface area contributed by atoms with Gasteiger partial charge in [-0.1, -0.05) is 18.2 Å². The Morgan fingerprint density at radius 3 is 2.83 bits per heavy atom. The highest BCUT2D eigenvalue weighted by atomic mass is 16.1. The summed E-state index contributed by atoms with van der Waals surface area (Å²) in [6.45, 7) is 5.79. The van der Waals surface area contributed by atoms with Crippen molar-refractivity contribution in [1.82, 2.24) is 24.8 Å². The molecule has 0 atom stereocenters. The molecule has 1 aliphatic heterocycles. The normalized spacial score (nSPS) is 21.2. The van der Waals surface area contributed by atoms with Gasteiger partial charge in [-0.25, -0.2) is 9.97 Å². The second-order valence-electron chi connectivity index (χ2n) is 8.66. The lowest BCUT2D eigenvalue weighted by molar-refractivity contribution is -0.119. The van der Waals surface area contributed by atoms with E-state index in [9.17, 15) is 4.79 Å². The van der Waals surface area contributed by atoms with E-state index in [2.05, 4.69) is 43.1 Å². The maximum Gasteiger partial charge on any atom is 0.217 e. The number of fused-ring (bicyclic) bond motifs is 1. The minimum atomic E-state index is -0.0348. The summed E-state index contributed by atoms with van der Waals surface area (Å²) >= 11 is 0. The van der Waals surface area contributed by atoms with Gasteiger partial charge in [0.05, 0.1) is 5.39 Å². The molecule has 1 aromatic carbocycles. The molecule has 1 saturated heterocycles. The standard InChI is InChI=1S/C23H28N6O/c1-15(30)25-11-16-4-2-5-18(8-16)20-13-29(23-21(20)22(24)26-14-27-23)19-9-17(10-19)12-28-6-3-7-28/h2,4-5,8,13-14,17,19H,3,6-7,9-12H2,1H3,(H,25,30)(H2,24,26,27). The van der Waals surface area contributed by atoms with Crippen LogP contribution in [0.25, 0.3) is 22.2 Å². The van der Waals surface area contributed by atoms with Gasteiger partial charge in [0.2, 0.25) is 5.91 Å². The molecule has 0 bridgehead atoms. The lowest BCUT2D eigenvalue weighted by Gasteiger charge is -2.42. The number of aromatic nitrogens is 3. The van der Waals surface area contributed by atoms with Crippen LogP contribution in [0.1, 0.15) is 37.8 Å². The van der Waals surface area contributed by atoms with Crippen LogP contribution in [0, 0.1) is 5.92 Å². The summed E-state index contributed by atoms with van der Waals surface area (Å²) in [6, 6.07) is 8.68.